The van der Waals surface area contributed by atoms with E-state index in [0.717, 1.165) is 17.1 Å². The monoisotopic (exact) mass is 454 g/mol. The Morgan fingerprint density at radius 1 is 0.765 bits per heavy atom. The zero-order chi connectivity index (χ0) is 24.8. The molecule has 34 heavy (non-hydrogen) atoms. The van der Waals surface area contributed by atoms with Crippen LogP contribution in [0.5, 0.6) is 5.75 Å². The Bertz CT molecular complexity index is 1440. The third-order valence-corrected chi connectivity index (χ3v) is 9.43. The van der Waals surface area contributed by atoms with Gasteiger partial charge in [-0.25, -0.2) is 4.98 Å². The zero-order valence-corrected chi connectivity index (χ0v) is 22.4. The first-order valence-corrected chi connectivity index (χ1v) is 12.4. The number of aromatic nitrogens is 2. The van der Waals surface area contributed by atoms with Crippen LogP contribution in [0.1, 0.15) is 79.0 Å². The van der Waals surface area contributed by atoms with Crippen molar-refractivity contribution < 1.29 is 4.74 Å². The lowest BCUT2D eigenvalue weighted by Gasteiger charge is -2.44. The van der Waals surface area contributed by atoms with Crippen LogP contribution in [-0.2, 0) is 16.2 Å². The van der Waals surface area contributed by atoms with Crippen LogP contribution in [0.4, 0.5) is 0 Å². The van der Waals surface area contributed by atoms with Gasteiger partial charge in [-0.05, 0) is 74.7 Å². The lowest BCUT2D eigenvalue weighted by atomic mass is 9.59. The van der Waals surface area contributed by atoms with E-state index in [1.807, 2.05) is 6.20 Å². The van der Waals surface area contributed by atoms with Crippen molar-refractivity contribution in [3.05, 3.63) is 65.4 Å². The lowest BCUT2D eigenvalue weighted by molar-refractivity contribution is 0.125. The van der Waals surface area contributed by atoms with Gasteiger partial charge >= 0.3 is 0 Å². The summed E-state index contributed by atoms with van der Waals surface area (Å²) in [5, 5.41) is 2.51. The Hall–Kier alpha value is -2.81. The van der Waals surface area contributed by atoms with Crippen LogP contribution in [0.15, 0.2) is 48.7 Å². The largest absolute Gasteiger partial charge is 0.497 e. The maximum atomic E-state index is 5.63. The van der Waals surface area contributed by atoms with E-state index < -0.39 is 0 Å². The molecular weight excluding hydrogens is 416 g/mol. The highest BCUT2D eigenvalue weighted by molar-refractivity contribution is 6.10. The molecule has 1 aliphatic carbocycles. The molecule has 3 nitrogen and oxygen atoms in total. The second kappa shape index (κ2) is 6.87. The van der Waals surface area contributed by atoms with E-state index in [9.17, 15) is 0 Å². The van der Waals surface area contributed by atoms with E-state index in [1.165, 1.54) is 33.0 Å². The van der Waals surface area contributed by atoms with Crippen LogP contribution in [0.3, 0.4) is 0 Å². The minimum atomic E-state index is 0.0414. The van der Waals surface area contributed by atoms with E-state index in [4.69, 9.17) is 9.72 Å². The highest BCUT2D eigenvalue weighted by Gasteiger charge is 2.56. The van der Waals surface area contributed by atoms with Crippen molar-refractivity contribution in [2.45, 2.75) is 78.6 Å². The quantitative estimate of drug-likeness (QED) is 0.306. The average Bonchev–Trinajstić information content (AvgIpc) is 3.14. The molecule has 0 spiro atoms. The fourth-order valence-corrected chi connectivity index (χ4v) is 5.91. The third-order valence-electron chi connectivity index (χ3n) is 9.43. The van der Waals surface area contributed by atoms with Gasteiger partial charge in [0.2, 0.25) is 0 Å². The number of benzene rings is 2. The van der Waals surface area contributed by atoms with Gasteiger partial charge in [-0.2, -0.15) is 0 Å². The molecule has 0 amide bonds. The summed E-state index contributed by atoms with van der Waals surface area (Å²) in [7, 11) is 1.73. The molecule has 2 aromatic heterocycles. The predicted octanol–water partition coefficient (Wildman–Crippen LogP) is 8.08. The summed E-state index contributed by atoms with van der Waals surface area (Å²) in [5.74, 6) is 1.81. The minimum absolute atomic E-state index is 0.0414. The Balaban J connectivity index is 1.93. The lowest BCUT2D eigenvalue weighted by Crippen LogP contribution is -2.42. The van der Waals surface area contributed by atoms with Crippen molar-refractivity contribution in [2.24, 2.45) is 5.41 Å². The van der Waals surface area contributed by atoms with Gasteiger partial charge in [-0.1, -0.05) is 62.3 Å². The maximum absolute atomic E-state index is 5.63. The molecule has 3 heteroatoms. The van der Waals surface area contributed by atoms with Crippen LogP contribution < -0.4 is 4.74 Å². The molecule has 2 heterocycles. The second-order valence-corrected chi connectivity index (χ2v) is 12.7. The maximum Gasteiger partial charge on any atom is 0.137 e. The molecular formula is C31H38N2O. The summed E-state index contributed by atoms with van der Waals surface area (Å²) in [5.41, 5.74) is 6.79. The molecule has 1 aliphatic rings. The van der Waals surface area contributed by atoms with Gasteiger partial charge in [0, 0.05) is 23.0 Å². The Morgan fingerprint density at radius 3 is 2.00 bits per heavy atom. The molecule has 0 unspecified atom stereocenters. The molecule has 0 saturated carbocycles. The first-order chi connectivity index (χ1) is 15.7. The van der Waals surface area contributed by atoms with E-state index in [1.54, 1.807) is 7.11 Å². The van der Waals surface area contributed by atoms with Gasteiger partial charge in [0.25, 0.3) is 0 Å². The summed E-state index contributed by atoms with van der Waals surface area (Å²) in [6, 6.07) is 15.7. The number of ether oxygens (including phenoxy) is 1. The molecule has 0 saturated heterocycles. The smallest absolute Gasteiger partial charge is 0.137 e. The van der Waals surface area contributed by atoms with E-state index in [2.05, 4.69) is 109 Å². The summed E-state index contributed by atoms with van der Waals surface area (Å²) < 4.78 is 7.96. The van der Waals surface area contributed by atoms with Gasteiger partial charge < -0.3 is 4.74 Å². The van der Waals surface area contributed by atoms with Crippen LogP contribution in [0.2, 0.25) is 0 Å². The molecule has 2 aromatic carbocycles. The zero-order valence-electron chi connectivity index (χ0n) is 22.4. The number of nitrogens with zero attached hydrogens (tertiary/aromatic N) is 2. The molecule has 0 radical (unpaired) electrons. The van der Waals surface area contributed by atoms with E-state index in [-0.39, 0.29) is 21.7 Å². The second-order valence-electron chi connectivity index (χ2n) is 12.7. The first kappa shape index (κ1) is 23.0. The summed E-state index contributed by atoms with van der Waals surface area (Å²) in [6.07, 6.45) is 1.94. The van der Waals surface area contributed by atoms with Gasteiger partial charge in [0.15, 0.2) is 0 Å². The van der Waals surface area contributed by atoms with Crippen LogP contribution in [-0.4, -0.2) is 16.7 Å². The van der Waals surface area contributed by atoms with E-state index in [0.29, 0.717) is 0 Å². The number of hydrogen-bond donors (Lipinski definition) is 0. The Kier molecular flexibility index (Phi) is 4.64. The average molecular weight is 455 g/mol. The fraction of sp³-hybridized carbons (Fsp3) is 0.452. The van der Waals surface area contributed by atoms with Crippen LogP contribution in [0.25, 0.3) is 27.6 Å². The number of methoxy groups -OCH3 is 1. The van der Waals surface area contributed by atoms with Crippen molar-refractivity contribution in [1.29, 1.82) is 0 Å². The SMILES string of the molecule is COc1ccc2c3cc4c(cc3n(-c3cc(C(C)(C)C)ccn3)c2c1)C(C)(C)C(C)(C)C4(C)C. The Labute approximate surface area is 204 Å². The topological polar surface area (TPSA) is 27.1 Å². The molecule has 5 rings (SSSR count). The summed E-state index contributed by atoms with van der Waals surface area (Å²) in [6.45, 7) is 21.2. The summed E-state index contributed by atoms with van der Waals surface area (Å²) >= 11 is 0. The molecule has 0 bridgehead atoms. The van der Waals surface area contributed by atoms with E-state index >= 15 is 0 Å². The molecule has 178 valence electrons. The van der Waals surface area contributed by atoms with Crippen molar-refractivity contribution in [1.82, 2.24) is 9.55 Å². The van der Waals surface area contributed by atoms with Crippen molar-refractivity contribution in [3.63, 3.8) is 0 Å². The van der Waals surface area contributed by atoms with Crippen molar-refractivity contribution in [3.8, 4) is 11.6 Å². The third kappa shape index (κ3) is 2.85. The highest BCUT2D eigenvalue weighted by atomic mass is 16.5. The number of fused-ring (bicyclic) bond motifs is 4. The van der Waals surface area contributed by atoms with Crippen molar-refractivity contribution in [2.75, 3.05) is 7.11 Å². The predicted molar refractivity (Wildman–Crippen MR) is 144 cm³/mol. The molecule has 4 aromatic rings. The van der Waals surface area contributed by atoms with Gasteiger partial charge in [0.1, 0.15) is 11.6 Å². The van der Waals surface area contributed by atoms with Gasteiger partial charge in [-0.3, -0.25) is 4.57 Å². The number of hydrogen-bond acceptors (Lipinski definition) is 2. The number of rotatable bonds is 2. The van der Waals surface area contributed by atoms with Crippen LogP contribution in [0, 0.1) is 5.41 Å². The normalized spacial score (nSPS) is 18.4. The minimum Gasteiger partial charge on any atom is -0.497 e. The fourth-order valence-electron chi connectivity index (χ4n) is 5.91. The highest BCUT2D eigenvalue weighted by Crippen LogP contribution is 2.62. The number of pyridine rings is 1. The van der Waals surface area contributed by atoms with Gasteiger partial charge in [0.05, 0.1) is 18.1 Å². The Morgan fingerprint density at radius 2 is 1.38 bits per heavy atom. The molecule has 0 N–H and O–H groups in total. The van der Waals surface area contributed by atoms with Crippen molar-refractivity contribution >= 4 is 21.8 Å². The standard InChI is InChI=1S/C31H38N2O/c1-28(2,3)19-13-14-32-27(15-19)33-25-16-20(34-10)11-12-21(25)22-17-23-24(18-26(22)33)30(6,7)31(8,9)29(23,4)5/h11-18H,1-10H3. The molecule has 0 aliphatic heterocycles. The molecule has 0 fully saturated rings. The first-order valence-electron chi connectivity index (χ1n) is 12.4. The summed E-state index contributed by atoms with van der Waals surface area (Å²) in [4.78, 5) is 4.86. The molecule has 0 atom stereocenters. The van der Waals surface area contributed by atoms with Crippen LogP contribution >= 0.6 is 0 Å². The van der Waals surface area contributed by atoms with Gasteiger partial charge in [-0.15, -0.1) is 0 Å².